The zero-order valence-electron chi connectivity index (χ0n) is 16.6. The molecule has 0 radical (unpaired) electrons. The van der Waals surface area contributed by atoms with Crippen molar-refractivity contribution >= 4 is 5.91 Å². The molecule has 0 saturated carbocycles. The Morgan fingerprint density at radius 3 is 2.41 bits per heavy atom. The van der Waals surface area contributed by atoms with Crippen molar-refractivity contribution in [3.8, 4) is 23.5 Å². The van der Waals surface area contributed by atoms with Gasteiger partial charge in [-0.05, 0) is 48.7 Å². The lowest BCUT2D eigenvalue weighted by molar-refractivity contribution is 0.0732. The standard InChI is InChI=1S/C22H21N3O4/c1-14-20(17(12-23)22(29-14)24-7-4-5-8-24)21(26)25-9-6-15-10-18(27-2)19(28-3)11-16(15)13-25/h4-5,7-8,10-11H,6,9,13H2,1-3H3. The van der Waals surface area contributed by atoms with Gasteiger partial charge in [0, 0.05) is 25.5 Å². The number of benzene rings is 1. The summed E-state index contributed by atoms with van der Waals surface area (Å²) in [5, 5.41) is 9.72. The minimum atomic E-state index is -0.207. The molecule has 0 aliphatic carbocycles. The third-order valence-corrected chi connectivity index (χ3v) is 5.24. The molecule has 2 aromatic heterocycles. The van der Waals surface area contributed by atoms with E-state index in [0.717, 1.165) is 11.1 Å². The first-order valence-electron chi connectivity index (χ1n) is 9.27. The van der Waals surface area contributed by atoms with Gasteiger partial charge in [-0.15, -0.1) is 0 Å². The Morgan fingerprint density at radius 1 is 1.14 bits per heavy atom. The van der Waals surface area contributed by atoms with Crippen molar-refractivity contribution in [1.29, 1.82) is 5.26 Å². The molecular formula is C22H21N3O4. The van der Waals surface area contributed by atoms with Crippen LogP contribution < -0.4 is 9.47 Å². The van der Waals surface area contributed by atoms with E-state index in [-0.39, 0.29) is 11.5 Å². The number of nitriles is 1. The number of furan rings is 1. The number of amides is 1. The molecule has 0 fully saturated rings. The first-order chi connectivity index (χ1) is 14.1. The SMILES string of the molecule is COc1cc2c(cc1OC)CN(C(=O)c1c(C)oc(-n3cccc3)c1C#N)CC2. The number of nitrogens with zero attached hydrogens (tertiary/aromatic N) is 3. The zero-order chi connectivity index (χ0) is 20.5. The van der Waals surface area contributed by atoms with Gasteiger partial charge < -0.3 is 18.8 Å². The number of ether oxygens (including phenoxy) is 2. The Kier molecular flexibility index (Phi) is 4.77. The highest BCUT2D eigenvalue weighted by molar-refractivity contribution is 5.98. The average molecular weight is 391 g/mol. The maximum absolute atomic E-state index is 13.3. The van der Waals surface area contributed by atoms with Gasteiger partial charge >= 0.3 is 0 Å². The van der Waals surface area contributed by atoms with Crippen molar-refractivity contribution in [3.63, 3.8) is 0 Å². The van der Waals surface area contributed by atoms with Gasteiger partial charge in [0.15, 0.2) is 11.5 Å². The fraction of sp³-hybridized carbons (Fsp3) is 0.273. The summed E-state index contributed by atoms with van der Waals surface area (Å²) in [6.07, 6.45) is 4.26. The highest BCUT2D eigenvalue weighted by atomic mass is 16.5. The maximum atomic E-state index is 13.3. The summed E-state index contributed by atoms with van der Waals surface area (Å²) in [6.45, 7) is 2.70. The number of aryl methyl sites for hydroxylation is 1. The molecule has 7 nitrogen and oxygen atoms in total. The third kappa shape index (κ3) is 3.13. The van der Waals surface area contributed by atoms with Crippen LogP contribution >= 0.6 is 0 Å². The number of carbonyl (C=O) groups is 1. The fourth-order valence-corrected chi connectivity index (χ4v) is 3.76. The second-order valence-electron chi connectivity index (χ2n) is 6.87. The number of fused-ring (bicyclic) bond motifs is 1. The molecule has 29 heavy (non-hydrogen) atoms. The minimum Gasteiger partial charge on any atom is -0.493 e. The maximum Gasteiger partial charge on any atom is 0.259 e. The van der Waals surface area contributed by atoms with E-state index in [0.29, 0.717) is 48.2 Å². The lowest BCUT2D eigenvalue weighted by Crippen LogP contribution is -2.36. The van der Waals surface area contributed by atoms with E-state index in [9.17, 15) is 10.1 Å². The first-order valence-corrected chi connectivity index (χ1v) is 9.27. The minimum absolute atomic E-state index is 0.207. The normalized spacial score (nSPS) is 13.0. The molecule has 1 aliphatic heterocycles. The molecule has 0 bridgehead atoms. The summed E-state index contributed by atoms with van der Waals surface area (Å²) >= 11 is 0. The van der Waals surface area contributed by atoms with Crippen molar-refractivity contribution in [2.75, 3.05) is 20.8 Å². The van der Waals surface area contributed by atoms with Crippen molar-refractivity contribution in [2.24, 2.45) is 0 Å². The number of hydrogen-bond acceptors (Lipinski definition) is 5. The summed E-state index contributed by atoms with van der Waals surface area (Å²) in [7, 11) is 3.20. The monoisotopic (exact) mass is 391 g/mol. The lowest BCUT2D eigenvalue weighted by Gasteiger charge is -2.29. The van der Waals surface area contributed by atoms with Gasteiger partial charge in [0.1, 0.15) is 23.0 Å². The van der Waals surface area contributed by atoms with Crippen LogP contribution in [-0.2, 0) is 13.0 Å². The molecule has 4 rings (SSSR count). The van der Waals surface area contributed by atoms with E-state index in [1.807, 2.05) is 24.3 Å². The van der Waals surface area contributed by atoms with Crippen molar-refractivity contribution < 1.29 is 18.7 Å². The van der Waals surface area contributed by atoms with E-state index in [2.05, 4.69) is 6.07 Å². The molecule has 0 N–H and O–H groups in total. The van der Waals surface area contributed by atoms with E-state index in [1.54, 1.807) is 43.0 Å². The van der Waals surface area contributed by atoms with Gasteiger partial charge in [-0.25, -0.2) is 0 Å². The topological polar surface area (TPSA) is 80.6 Å². The summed E-state index contributed by atoms with van der Waals surface area (Å²) in [5.74, 6) is 1.91. The largest absolute Gasteiger partial charge is 0.493 e. The Morgan fingerprint density at radius 2 is 1.79 bits per heavy atom. The molecule has 3 heterocycles. The molecule has 0 saturated heterocycles. The van der Waals surface area contributed by atoms with Crippen LogP contribution in [0.1, 0.15) is 32.8 Å². The van der Waals surface area contributed by atoms with Crippen LogP contribution in [0.4, 0.5) is 0 Å². The molecule has 148 valence electrons. The number of aromatic nitrogens is 1. The van der Waals surface area contributed by atoms with E-state index in [1.165, 1.54) is 0 Å². The average Bonchev–Trinajstić information content (AvgIpc) is 3.39. The molecule has 1 amide bonds. The molecule has 0 spiro atoms. The van der Waals surface area contributed by atoms with Gasteiger partial charge in [0.25, 0.3) is 5.91 Å². The Hall–Kier alpha value is -3.66. The molecular weight excluding hydrogens is 370 g/mol. The molecule has 7 heteroatoms. The number of carbonyl (C=O) groups excluding carboxylic acids is 1. The Bertz CT molecular complexity index is 1110. The van der Waals surface area contributed by atoms with E-state index >= 15 is 0 Å². The van der Waals surface area contributed by atoms with E-state index < -0.39 is 0 Å². The summed E-state index contributed by atoms with van der Waals surface area (Å²) < 4.78 is 18.3. The third-order valence-electron chi connectivity index (χ3n) is 5.24. The Balaban J connectivity index is 1.68. The molecule has 1 aromatic carbocycles. The van der Waals surface area contributed by atoms with Crippen LogP contribution in [0.3, 0.4) is 0 Å². The fourth-order valence-electron chi connectivity index (χ4n) is 3.76. The van der Waals surface area contributed by atoms with Crippen LogP contribution in [0.25, 0.3) is 5.88 Å². The van der Waals surface area contributed by atoms with Crippen molar-refractivity contribution in [1.82, 2.24) is 9.47 Å². The van der Waals surface area contributed by atoms with Crippen LogP contribution in [0.15, 0.2) is 41.1 Å². The van der Waals surface area contributed by atoms with Crippen LogP contribution in [0, 0.1) is 18.3 Å². The van der Waals surface area contributed by atoms with Crippen LogP contribution in [0.2, 0.25) is 0 Å². The van der Waals surface area contributed by atoms with Crippen molar-refractivity contribution in [2.45, 2.75) is 19.9 Å². The van der Waals surface area contributed by atoms with Gasteiger partial charge in [-0.3, -0.25) is 9.36 Å². The number of rotatable bonds is 4. The zero-order valence-corrected chi connectivity index (χ0v) is 16.6. The smallest absolute Gasteiger partial charge is 0.259 e. The number of hydrogen-bond donors (Lipinski definition) is 0. The van der Waals surface area contributed by atoms with Gasteiger partial charge in [-0.2, -0.15) is 5.26 Å². The summed E-state index contributed by atoms with van der Waals surface area (Å²) in [4.78, 5) is 15.1. The number of methoxy groups -OCH3 is 2. The predicted octanol–water partition coefficient (Wildman–Crippen LogP) is 3.47. The van der Waals surface area contributed by atoms with Gasteiger partial charge in [0.2, 0.25) is 5.88 Å². The lowest BCUT2D eigenvalue weighted by atomic mass is 9.97. The van der Waals surface area contributed by atoms with E-state index in [4.69, 9.17) is 13.9 Å². The predicted molar refractivity (Wildman–Crippen MR) is 105 cm³/mol. The van der Waals surface area contributed by atoms with Gasteiger partial charge in [0.05, 0.1) is 14.2 Å². The second kappa shape index (κ2) is 7.40. The summed E-state index contributed by atoms with van der Waals surface area (Å²) in [5.41, 5.74) is 2.71. The molecule has 1 aliphatic rings. The van der Waals surface area contributed by atoms with Crippen LogP contribution in [-0.4, -0.2) is 36.1 Å². The van der Waals surface area contributed by atoms with Crippen molar-refractivity contribution in [3.05, 3.63) is 64.7 Å². The van der Waals surface area contributed by atoms with Crippen LogP contribution in [0.5, 0.6) is 11.5 Å². The highest BCUT2D eigenvalue weighted by Gasteiger charge is 2.30. The van der Waals surface area contributed by atoms with Gasteiger partial charge in [-0.1, -0.05) is 0 Å². The highest BCUT2D eigenvalue weighted by Crippen LogP contribution is 2.34. The summed E-state index contributed by atoms with van der Waals surface area (Å²) in [6, 6.07) is 9.69. The molecule has 0 atom stereocenters. The second-order valence-corrected chi connectivity index (χ2v) is 6.87. The Labute approximate surface area is 168 Å². The molecule has 3 aromatic rings. The first kappa shape index (κ1) is 18.7. The quantitative estimate of drug-likeness (QED) is 0.680. The molecule has 0 unspecified atom stereocenters.